The molecule has 0 rings (SSSR count). The fourth-order valence-corrected chi connectivity index (χ4v) is 4.25. The summed E-state index contributed by atoms with van der Waals surface area (Å²) in [6.45, 7) is 0. The second-order valence-electron chi connectivity index (χ2n) is 6.45. The van der Waals surface area contributed by atoms with Crippen molar-refractivity contribution in [2.24, 2.45) is 11.5 Å². The number of amides is 2. The topological polar surface area (TPSA) is 259 Å². The molecule has 2 amide bonds. The van der Waals surface area contributed by atoms with Crippen molar-refractivity contribution < 1.29 is 49.2 Å². The van der Waals surface area contributed by atoms with Crippen LogP contribution >= 0.6 is 21.6 Å². The molecule has 182 valence electrons. The molecule has 0 aromatic carbocycles. The van der Waals surface area contributed by atoms with Crippen molar-refractivity contribution >= 4 is 57.3 Å². The number of hydrogen-bond acceptors (Lipinski definition) is 10. The Bertz CT molecular complexity index is 650. The molecule has 0 saturated carbocycles. The molecule has 14 nitrogen and oxygen atoms in total. The molecule has 1 unspecified atom stereocenters. The zero-order valence-corrected chi connectivity index (χ0v) is 18.4. The number of carboxylic acids is 4. The van der Waals surface area contributed by atoms with Crippen LogP contribution in [0.3, 0.4) is 0 Å². The van der Waals surface area contributed by atoms with E-state index in [0.29, 0.717) is 0 Å². The molecule has 0 aromatic heterocycles. The van der Waals surface area contributed by atoms with Gasteiger partial charge in [0, 0.05) is 24.3 Å². The van der Waals surface area contributed by atoms with Gasteiger partial charge >= 0.3 is 23.9 Å². The van der Waals surface area contributed by atoms with E-state index < -0.39 is 59.9 Å². The second-order valence-corrected chi connectivity index (χ2v) is 9.00. The molecule has 0 aromatic rings. The molecule has 0 saturated heterocycles. The maximum atomic E-state index is 11.8. The highest BCUT2D eigenvalue weighted by Gasteiger charge is 2.24. The Morgan fingerprint density at radius 2 is 0.938 bits per heavy atom. The summed E-state index contributed by atoms with van der Waals surface area (Å²) in [6.07, 6.45) is -0.916. The van der Waals surface area contributed by atoms with Gasteiger partial charge in [0.15, 0.2) is 0 Å². The van der Waals surface area contributed by atoms with Gasteiger partial charge in [0.25, 0.3) is 0 Å². The number of carbonyl (C=O) groups is 6. The van der Waals surface area contributed by atoms with Crippen molar-refractivity contribution in [3.63, 3.8) is 0 Å². The van der Waals surface area contributed by atoms with Gasteiger partial charge < -0.3 is 42.5 Å². The molecule has 0 heterocycles. The first kappa shape index (κ1) is 29.4. The van der Waals surface area contributed by atoms with E-state index in [9.17, 15) is 39.0 Å². The third kappa shape index (κ3) is 13.0. The van der Waals surface area contributed by atoms with E-state index in [1.807, 2.05) is 0 Å². The minimum atomic E-state index is -1.34. The predicted molar refractivity (Wildman–Crippen MR) is 114 cm³/mol. The fraction of sp³-hybridized carbons (Fsp3) is 0.625. The lowest BCUT2D eigenvalue weighted by Gasteiger charge is -2.16. The summed E-state index contributed by atoms with van der Waals surface area (Å²) < 4.78 is 0. The maximum absolute atomic E-state index is 11.8. The first-order valence-electron chi connectivity index (χ1n) is 9.10. The van der Waals surface area contributed by atoms with Crippen LogP contribution in [0.25, 0.3) is 0 Å². The minimum absolute atomic E-state index is 0.134. The lowest BCUT2D eigenvalue weighted by molar-refractivity contribution is -0.141. The Morgan fingerprint density at radius 1 is 0.625 bits per heavy atom. The summed E-state index contributed by atoms with van der Waals surface area (Å²) in [4.78, 5) is 67.4. The van der Waals surface area contributed by atoms with Crippen LogP contribution in [-0.2, 0) is 28.8 Å². The number of carboxylic acid groups (broad SMARTS) is 4. The van der Waals surface area contributed by atoms with E-state index in [1.54, 1.807) is 0 Å². The molecule has 0 aliphatic rings. The SMILES string of the molecule is N[C@@H](CCC(=O)NC(CSSC[C@H](NC(=O)CC[C@H](N)C(=O)O)C(=O)O)C(=O)O)C(=O)O. The zero-order chi connectivity index (χ0) is 24.8. The average molecular weight is 499 g/mol. The summed E-state index contributed by atoms with van der Waals surface area (Å²) in [6, 6.07) is -5.12. The van der Waals surface area contributed by atoms with Crippen LogP contribution < -0.4 is 22.1 Å². The Hall–Kier alpha value is -2.56. The number of nitrogens with two attached hydrogens (primary N) is 2. The summed E-state index contributed by atoms with van der Waals surface area (Å²) in [7, 11) is 1.89. The number of rotatable bonds is 17. The molecular weight excluding hydrogens is 472 g/mol. The summed E-state index contributed by atoms with van der Waals surface area (Å²) in [5.74, 6) is -6.92. The summed E-state index contributed by atoms with van der Waals surface area (Å²) >= 11 is 0. The van der Waals surface area contributed by atoms with Crippen LogP contribution in [0, 0.1) is 0 Å². The molecular formula is C16H26N4O10S2. The number of aliphatic carboxylic acids is 4. The Balaban J connectivity index is 4.46. The van der Waals surface area contributed by atoms with Gasteiger partial charge in [-0.25, -0.2) is 9.59 Å². The minimum Gasteiger partial charge on any atom is -0.480 e. The van der Waals surface area contributed by atoms with Gasteiger partial charge in [-0.1, -0.05) is 21.6 Å². The highest BCUT2D eigenvalue weighted by Crippen LogP contribution is 2.23. The number of hydrogen-bond donors (Lipinski definition) is 8. The quantitative estimate of drug-likeness (QED) is 0.0788. The van der Waals surface area contributed by atoms with E-state index in [4.69, 9.17) is 21.7 Å². The molecule has 4 atom stereocenters. The first-order chi connectivity index (χ1) is 14.8. The molecule has 0 bridgehead atoms. The van der Waals surface area contributed by atoms with Gasteiger partial charge in [-0.05, 0) is 12.8 Å². The van der Waals surface area contributed by atoms with E-state index in [-0.39, 0.29) is 37.2 Å². The normalized spacial score (nSPS) is 14.4. The largest absolute Gasteiger partial charge is 0.480 e. The Kier molecular flexibility index (Phi) is 14.1. The predicted octanol–water partition coefficient (Wildman–Crippen LogP) is -2.11. The molecule has 0 aliphatic heterocycles. The van der Waals surface area contributed by atoms with Crippen molar-refractivity contribution in [3.05, 3.63) is 0 Å². The van der Waals surface area contributed by atoms with Crippen molar-refractivity contribution in [1.82, 2.24) is 10.6 Å². The summed E-state index contributed by atoms with van der Waals surface area (Å²) in [5.41, 5.74) is 10.5. The second kappa shape index (κ2) is 15.3. The van der Waals surface area contributed by atoms with Gasteiger partial charge in [0.2, 0.25) is 11.8 Å². The lowest BCUT2D eigenvalue weighted by Crippen LogP contribution is -2.44. The van der Waals surface area contributed by atoms with Crippen LogP contribution in [-0.4, -0.2) is 91.8 Å². The highest BCUT2D eigenvalue weighted by molar-refractivity contribution is 8.76. The van der Waals surface area contributed by atoms with Crippen LogP contribution in [0.2, 0.25) is 0 Å². The van der Waals surface area contributed by atoms with Gasteiger partial charge in [-0.2, -0.15) is 0 Å². The smallest absolute Gasteiger partial charge is 0.327 e. The van der Waals surface area contributed by atoms with Crippen molar-refractivity contribution in [2.45, 2.75) is 49.9 Å². The standard InChI is InChI=1S/C16H26N4O10S2/c17-7(13(23)24)1-3-11(21)19-9(15(27)28)5-31-32-6-10(16(29)30)20-12(22)4-2-8(18)14(25)26/h7-10H,1-6,17-18H2,(H,19,21)(H,20,22)(H,23,24)(H,25,26)(H,27,28)(H,29,30)/t7-,8-,9-,10?/m0/s1. The van der Waals surface area contributed by atoms with Crippen molar-refractivity contribution in [1.29, 1.82) is 0 Å². The molecule has 16 heteroatoms. The van der Waals surface area contributed by atoms with E-state index in [2.05, 4.69) is 10.6 Å². The van der Waals surface area contributed by atoms with Gasteiger partial charge in [-0.15, -0.1) is 0 Å². The summed E-state index contributed by atoms with van der Waals surface area (Å²) in [5, 5.41) is 40.2. The third-order valence-electron chi connectivity index (χ3n) is 3.82. The van der Waals surface area contributed by atoms with E-state index in [0.717, 1.165) is 21.6 Å². The Morgan fingerprint density at radius 3 is 1.19 bits per heavy atom. The highest BCUT2D eigenvalue weighted by atomic mass is 33.1. The Labute approximate surface area is 190 Å². The third-order valence-corrected chi connectivity index (χ3v) is 6.24. The maximum Gasteiger partial charge on any atom is 0.327 e. The van der Waals surface area contributed by atoms with Gasteiger partial charge in [0.05, 0.1) is 0 Å². The van der Waals surface area contributed by atoms with E-state index in [1.165, 1.54) is 0 Å². The van der Waals surface area contributed by atoms with Crippen molar-refractivity contribution in [2.75, 3.05) is 11.5 Å². The molecule has 10 N–H and O–H groups in total. The van der Waals surface area contributed by atoms with Crippen molar-refractivity contribution in [3.8, 4) is 0 Å². The van der Waals surface area contributed by atoms with Gasteiger partial charge in [0.1, 0.15) is 24.2 Å². The fourth-order valence-electron chi connectivity index (χ4n) is 1.93. The van der Waals surface area contributed by atoms with Gasteiger partial charge in [-0.3, -0.25) is 19.2 Å². The molecule has 0 aliphatic carbocycles. The molecule has 0 fully saturated rings. The van der Waals surface area contributed by atoms with Crippen LogP contribution in [0.4, 0.5) is 0 Å². The van der Waals surface area contributed by atoms with Crippen LogP contribution in [0.15, 0.2) is 0 Å². The van der Waals surface area contributed by atoms with E-state index >= 15 is 0 Å². The zero-order valence-electron chi connectivity index (χ0n) is 16.8. The number of carbonyl (C=O) groups excluding carboxylic acids is 2. The molecule has 0 spiro atoms. The number of nitrogens with one attached hydrogen (secondary N) is 2. The average Bonchev–Trinajstić information content (AvgIpc) is 2.70. The van der Waals surface area contributed by atoms with Crippen LogP contribution in [0.5, 0.6) is 0 Å². The molecule has 32 heavy (non-hydrogen) atoms. The molecule has 0 radical (unpaired) electrons. The monoisotopic (exact) mass is 498 g/mol. The lowest BCUT2D eigenvalue weighted by atomic mass is 10.1. The first-order valence-corrected chi connectivity index (χ1v) is 11.6. The van der Waals surface area contributed by atoms with Crippen LogP contribution in [0.1, 0.15) is 25.7 Å².